The Morgan fingerprint density at radius 2 is 1.76 bits per heavy atom. The SMILES string of the molecule is Cc1ccc(-c2csc(N3CCC(S(=O)(=O)c4cc(C(F)(F)F)ccc4Cl)CC3)n2)cc1C. The maximum atomic E-state index is 13.1. The van der Waals surface area contributed by atoms with Crippen LogP contribution in [-0.2, 0) is 16.0 Å². The molecule has 0 radical (unpaired) electrons. The quantitative estimate of drug-likeness (QED) is 0.396. The van der Waals surface area contributed by atoms with Crippen molar-refractivity contribution in [2.75, 3.05) is 18.0 Å². The van der Waals surface area contributed by atoms with Crippen LogP contribution in [0.1, 0.15) is 29.5 Å². The standard InChI is InChI=1S/C23H22ClF3N2O2S2/c1-14-3-4-16(11-15(14)2)20-13-32-22(28-20)29-9-7-18(8-10-29)33(30,31)21-12-17(23(25,26)27)5-6-19(21)24/h3-6,11-13,18H,7-10H2,1-2H3. The van der Waals surface area contributed by atoms with Crippen LogP contribution in [0.5, 0.6) is 0 Å². The number of piperidine rings is 1. The van der Waals surface area contributed by atoms with E-state index in [9.17, 15) is 21.6 Å². The Morgan fingerprint density at radius 1 is 1.06 bits per heavy atom. The average Bonchev–Trinajstić information content (AvgIpc) is 3.25. The molecule has 0 amide bonds. The number of hydrogen-bond donors (Lipinski definition) is 0. The molecule has 1 aromatic heterocycles. The van der Waals surface area contributed by atoms with E-state index < -0.39 is 31.7 Å². The Balaban J connectivity index is 1.49. The third-order valence-electron chi connectivity index (χ3n) is 6.01. The van der Waals surface area contributed by atoms with Crippen molar-refractivity contribution in [2.45, 2.75) is 43.0 Å². The molecule has 2 aromatic carbocycles. The molecule has 2 heterocycles. The topological polar surface area (TPSA) is 50.3 Å². The molecule has 1 saturated heterocycles. The van der Waals surface area contributed by atoms with E-state index in [4.69, 9.17) is 16.6 Å². The normalized spacial score (nSPS) is 15.8. The van der Waals surface area contributed by atoms with Crippen molar-refractivity contribution in [3.05, 3.63) is 63.5 Å². The summed E-state index contributed by atoms with van der Waals surface area (Å²) in [7, 11) is -4.00. The maximum absolute atomic E-state index is 13.1. The van der Waals surface area contributed by atoms with Crippen molar-refractivity contribution in [2.24, 2.45) is 0 Å². The monoisotopic (exact) mass is 514 g/mol. The van der Waals surface area contributed by atoms with Gasteiger partial charge in [-0.2, -0.15) is 13.2 Å². The Hall–Kier alpha value is -2.10. The lowest BCUT2D eigenvalue weighted by Gasteiger charge is -2.31. The minimum absolute atomic E-state index is 0.191. The van der Waals surface area contributed by atoms with E-state index in [1.807, 2.05) is 23.3 Å². The number of aryl methyl sites for hydroxylation is 2. The summed E-state index contributed by atoms with van der Waals surface area (Å²) in [5.41, 5.74) is 3.25. The van der Waals surface area contributed by atoms with E-state index in [1.165, 1.54) is 22.5 Å². The maximum Gasteiger partial charge on any atom is 0.416 e. The van der Waals surface area contributed by atoms with Gasteiger partial charge < -0.3 is 4.90 Å². The Bertz CT molecular complexity index is 1280. The number of aromatic nitrogens is 1. The minimum atomic E-state index is -4.64. The third-order valence-corrected chi connectivity index (χ3v) is 9.65. The predicted octanol–water partition coefficient (Wildman–Crippen LogP) is 6.54. The van der Waals surface area contributed by atoms with Crippen LogP contribution < -0.4 is 4.90 Å². The molecule has 1 aliphatic heterocycles. The van der Waals surface area contributed by atoms with E-state index in [-0.39, 0.29) is 17.9 Å². The van der Waals surface area contributed by atoms with Gasteiger partial charge in [-0.05, 0) is 62.1 Å². The molecule has 0 aliphatic carbocycles. The van der Waals surface area contributed by atoms with Gasteiger partial charge in [0.1, 0.15) is 0 Å². The molecule has 33 heavy (non-hydrogen) atoms. The highest BCUT2D eigenvalue weighted by Gasteiger charge is 2.36. The van der Waals surface area contributed by atoms with Gasteiger partial charge in [-0.15, -0.1) is 11.3 Å². The molecular formula is C23H22ClF3N2O2S2. The highest BCUT2D eigenvalue weighted by molar-refractivity contribution is 7.92. The number of sulfone groups is 1. The van der Waals surface area contributed by atoms with E-state index in [2.05, 4.69) is 19.1 Å². The number of halogens is 4. The summed E-state index contributed by atoms with van der Waals surface area (Å²) in [6.45, 7) is 4.99. The Morgan fingerprint density at radius 3 is 2.39 bits per heavy atom. The first-order valence-corrected chi connectivity index (χ1v) is 13.2. The lowest BCUT2D eigenvalue weighted by atomic mass is 10.1. The largest absolute Gasteiger partial charge is 0.416 e. The third kappa shape index (κ3) is 4.90. The molecule has 0 saturated carbocycles. The Labute approximate surface area is 200 Å². The van der Waals surface area contributed by atoms with Gasteiger partial charge in [-0.1, -0.05) is 23.7 Å². The Kier molecular flexibility index (Phi) is 6.50. The zero-order valence-corrected chi connectivity index (χ0v) is 20.4. The van der Waals surface area contributed by atoms with Crippen LogP contribution in [0.25, 0.3) is 11.3 Å². The van der Waals surface area contributed by atoms with Gasteiger partial charge in [-0.25, -0.2) is 13.4 Å². The van der Waals surface area contributed by atoms with E-state index in [1.54, 1.807) is 0 Å². The van der Waals surface area contributed by atoms with Crippen LogP contribution in [0.3, 0.4) is 0 Å². The molecule has 1 aliphatic rings. The molecule has 1 fully saturated rings. The van der Waals surface area contributed by atoms with Crippen LogP contribution in [0.4, 0.5) is 18.3 Å². The van der Waals surface area contributed by atoms with Gasteiger partial charge in [0.2, 0.25) is 0 Å². The van der Waals surface area contributed by atoms with Gasteiger partial charge in [-0.3, -0.25) is 0 Å². The fraction of sp³-hybridized carbons (Fsp3) is 0.348. The average molecular weight is 515 g/mol. The molecule has 0 bridgehead atoms. The minimum Gasteiger partial charge on any atom is -0.348 e. The van der Waals surface area contributed by atoms with E-state index in [0.29, 0.717) is 19.2 Å². The number of rotatable bonds is 4. The molecule has 4 nitrogen and oxygen atoms in total. The summed E-state index contributed by atoms with van der Waals surface area (Å²) in [5, 5.41) is 1.79. The second-order valence-corrected chi connectivity index (χ2v) is 11.6. The van der Waals surface area contributed by atoms with Crippen LogP contribution in [0.2, 0.25) is 5.02 Å². The lowest BCUT2D eigenvalue weighted by molar-refractivity contribution is -0.137. The first kappa shape index (κ1) is 24.0. The lowest BCUT2D eigenvalue weighted by Crippen LogP contribution is -2.39. The smallest absolute Gasteiger partial charge is 0.348 e. The van der Waals surface area contributed by atoms with E-state index >= 15 is 0 Å². The highest BCUT2D eigenvalue weighted by atomic mass is 35.5. The summed E-state index contributed by atoms with van der Waals surface area (Å²) in [5.74, 6) is 0. The number of benzene rings is 2. The predicted molar refractivity (Wildman–Crippen MR) is 126 cm³/mol. The van der Waals surface area contributed by atoms with Crippen LogP contribution in [0.15, 0.2) is 46.7 Å². The van der Waals surface area contributed by atoms with Crippen LogP contribution in [0, 0.1) is 13.8 Å². The zero-order chi connectivity index (χ0) is 24.0. The molecule has 4 rings (SSSR count). The van der Waals surface area contributed by atoms with Crippen LogP contribution >= 0.6 is 22.9 Å². The molecule has 0 atom stereocenters. The number of anilines is 1. The molecule has 10 heteroatoms. The summed E-state index contributed by atoms with van der Waals surface area (Å²) in [6.07, 6.45) is -4.07. The number of hydrogen-bond acceptors (Lipinski definition) is 5. The van der Waals surface area contributed by atoms with Crippen molar-refractivity contribution in [3.63, 3.8) is 0 Å². The first-order chi connectivity index (χ1) is 15.5. The number of thiazole rings is 1. The molecule has 0 spiro atoms. The second-order valence-electron chi connectivity index (χ2n) is 8.19. The van der Waals surface area contributed by atoms with Gasteiger partial charge in [0, 0.05) is 24.0 Å². The van der Waals surface area contributed by atoms with Crippen molar-refractivity contribution in [1.29, 1.82) is 0 Å². The first-order valence-electron chi connectivity index (χ1n) is 10.4. The van der Waals surface area contributed by atoms with Gasteiger partial charge in [0.05, 0.1) is 26.4 Å². The molecule has 176 valence electrons. The zero-order valence-electron chi connectivity index (χ0n) is 18.0. The van der Waals surface area contributed by atoms with Crippen LogP contribution in [-0.4, -0.2) is 31.7 Å². The van der Waals surface area contributed by atoms with Crippen molar-refractivity contribution in [3.8, 4) is 11.3 Å². The van der Waals surface area contributed by atoms with Crippen molar-refractivity contribution in [1.82, 2.24) is 4.98 Å². The molecular weight excluding hydrogens is 493 g/mol. The molecule has 0 unspecified atom stereocenters. The summed E-state index contributed by atoms with van der Waals surface area (Å²) >= 11 is 7.48. The van der Waals surface area contributed by atoms with Gasteiger partial charge in [0.25, 0.3) is 0 Å². The van der Waals surface area contributed by atoms with Crippen molar-refractivity contribution < 1.29 is 21.6 Å². The fourth-order valence-corrected chi connectivity index (χ4v) is 7.03. The van der Waals surface area contributed by atoms with Gasteiger partial charge in [0.15, 0.2) is 15.0 Å². The van der Waals surface area contributed by atoms with E-state index in [0.717, 1.165) is 28.5 Å². The highest BCUT2D eigenvalue weighted by Crippen LogP contribution is 2.37. The summed E-state index contributed by atoms with van der Waals surface area (Å²) in [6, 6.07) is 8.60. The summed E-state index contributed by atoms with van der Waals surface area (Å²) < 4.78 is 65.4. The number of alkyl halides is 3. The molecule has 3 aromatic rings. The summed E-state index contributed by atoms with van der Waals surface area (Å²) in [4.78, 5) is 6.29. The van der Waals surface area contributed by atoms with Crippen molar-refractivity contribution >= 4 is 37.9 Å². The van der Waals surface area contributed by atoms with Gasteiger partial charge >= 0.3 is 6.18 Å². The molecule has 0 N–H and O–H groups in total. The second kappa shape index (κ2) is 8.92. The number of nitrogens with zero attached hydrogens (tertiary/aromatic N) is 2. The fourth-order valence-electron chi connectivity index (χ4n) is 3.88.